The topological polar surface area (TPSA) is 55.0 Å². The number of hydrogen-bond donors (Lipinski definition) is 1. The van der Waals surface area contributed by atoms with Crippen molar-refractivity contribution in [2.24, 2.45) is 0 Å². The number of methoxy groups -OCH3 is 1. The molecule has 64 valence electrons. The molecule has 1 aromatic heterocycles. The molecule has 0 bridgehead atoms. The van der Waals surface area contributed by atoms with E-state index in [1.807, 2.05) is 0 Å². The Morgan fingerprint density at radius 2 is 2.50 bits per heavy atom. The van der Waals surface area contributed by atoms with Crippen molar-refractivity contribution >= 4 is 5.76 Å². The van der Waals surface area contributed by atoms with Crippen LogP contribution in [0.5, 0.6) is 0 Å². The highest BCUT2D eigenvalue weighted by atomic mass is 19.1. The Hall–Kier alpha value is -1.65. The SMILES string of the molecule is C=C(OC)c1nc[nH]c(=O)c1F. The molecular weight excluding hydrogens is 163 g/mol. The Bertz CT molecular complexity index is 359. The minimum absolute atomic E-state index is 0.0265. The van der Waals surface area contributed by atoms with Crippen molar-refractivity contribution in [3.63, 3.8) is 0 Å². The summed E-state index contributed by atoms with van der Waals surface area (Å²) >= 11 is 0. The normalized spacial score (nSPS) is 9.50. The molecule has 1 aromatic rings. The van der Waals surface area contributed by atoms with E-state index in [-0.39, 0.29) is 11.5 Å². The molecular formula is C7H7FN2O2. The van der Waals surface area contributed by atoms with Crippen molar-refractivity contribution in [2.45, 2.75) is 0 Å². The smallest absolute Gasteiger partial charge is 0.287 e. The summed E-state index contributed by atoms with van der Waals surface area (Å²) in [7, 11) is 1.32. The van der Waals surface area contributed by atoms with Crippen LogP contribution in [0.15, 0.2) is 17.7 Å². The van der Waals surface area contributed by atoms with E-state index < -0.39 is 11.4 Å². The zero-order valence-corrected chi connectivity index (χ0v) is 6.43. The molecule has 5 heteroatoms. The van der Waals surface area contributed by atoms with E-state index in [0.29, 0.717) is 0 Å². The van der Waals surface area contributed by atoms with Crippen molar-refractivity contribution < 1.29 is 9.13 Å². The molecule has 1 N–H and O–H groups in total. The molecule has 0 fully saturated rings. The van der Waals surface area contributed by atoms with Crippen LogP contribution in [0.3, 0.4) is 0 Å². The molecule has 12 heavy (non-hydrogen) atoms. The molecule has 4 nitrogen and oxygen atoms in total. The van der Waals surface area contributed by atoms with Gasteiger partial charge >= 0.3 is 0 Å². The summed E-state index contributed by atoms with van der Waals surface area (Å²) in [4.78, 5) is 16.3. The van der Waals surface area contributed by atoms with E-state index in [1.165, 1.54) is 7.11 Å². The van der Waals surface area contributed by atoms with Gasteiger partial charge in [0.1, 0.15) is 11.5 Å². The predicted molar refractivity (Wildman–Crippen MR) is 40.9 cm³/mol. The molecule has 0 aromatic carbocycles. The predicted octanol–water partition coefficient (Wildman–Crippen LogP) is 0.526. The van der Waals surface area contributed by atoms with Gasteiger partial charge in [-0.2, -0.15) is 4.39 Å². The van der Waals surface area contributed by atoms with Crippen LogP contribution in [0.2, 0.25) is 0 Å². The van der Waals surface area contributed by atoms with Gasteiger partial charge in [-0.05, 0) is 0 Å². The first-order chi connectivity index (χ1) is 5.66. The van der Waals surface area contributed by atoms with Crippen LogP contribution in [0.4, 0.5) is 4.39 Å². The van der Waals surface area contributed by atoms with Gasteiger partial charge in [0.25, 0.3) is 5.56 Å². The maximum absolute atomic E-state index is 12.9. The molecule has 0 amide bonds. The lowest BCUT2D eigenvalue weighted by Crippen LogP contribution is -2.14. The van der Waals surface area contributed by atoms with E-state index in [0.717, 1.165) is 6.33 Å². The van der Waals surface area contributed by atoms with Crippen LogP contribution in [0, 0.1) is 5.82 Å². The highest BCUT2D eigenvalue weighted by Gasteiger charge is 2.10. The first-order valence-electron chi connectivity index (χ1n) is 3.13. The van der Waals surface area contributed by atoms with E-state index in [2.05, 4.69) is 21.3 Å². The van der Waals surface area contributed by atoms with Crippen molar-refractivity contribution in [1.82, 2.24) is 9.97 Å². The van der Waals surface area contributed by atoms with Crippen molar-refractivity contribution in [1.29, 1.82) is 0 Å². The molecule has 0 atom stereocenters. The van der Waals surface area contributed by atoms with Gasteiger partial charge in [0.15, 0.2) is 0 Å². The first kappa shape index (κ1) is 8.45. The highest BCUT2D eigenvalue weighted by Crippen LogP contribution is 2.09. The van der Waals surface area contributed by atoms with E-state index >= 15 is 0 Å². The Morgan fingerprint density at radius 3 is 3.08 bits per heavy atom. The third-order valence-electron chi connectivity index (χ3n) is 1.31. The van der Waals surface area contributed by atoms with Crippen LogP contribution < -0.4 is 5.56 Å². The first-order valence-corrected chi connectivity index (χ1v) is 3.13. The Balaban J connectivity index is 3.26. The zero-order valence-electron chi connectivity index (χ0n) is 6.43. The number of hydrogen-bond acceptors (Lipinski definition) is 3. The van der Waals surface area contributed by atoms with Gasteiger partial charge in [-0.3, -0.25) is 4.79 Å². The molecule has 0 unspecified atom stereocenters. The van der Waals surface area contributed by atoms with Gasteiger partial charge in [0.2, 0.25) is 5.82 Å². The Labute approximate surface area is 67.7 Å². The molecule has 0 saturated heterocycles. The average molecular weight is 170 g/mol. The number of H-pyrrole nitrogens is 1. The fraction of sp³-hybridized carbons (Fsp3) is 0.143. The second-order valence-corrected chi connectivity index (χ2v) is 2.02. The standard InChI is InChI=1S/C7H7FN2O2/c1-4(12-2)6-5(8)7(11)10-3-9-6/h3H,1H2,2H3,(H,9,10,11). The number of nitrogens with one attached hydrogen (secondary N) is 1. The van der Waals surface area contributed by atoms with Gasteiger partial charge in [0.05, 0.1) is 13.4 Å². The lowest BCUT2D eigenvalue weighted by atomic mass is 10.3. The Kier molecular flexibility index (Phi) is 2.23. The second kappa shape index (κ2) is 3.17. The lowest BCUT2D eigenvalue weighted by Gasteiger charge is -2.01. The molecule has 0 aliphatic heterocycles. The number of aromatic amines is 1. The van der Waals surface area contributed by atoms with Crippen LogP contribution in [0.1, 0.15) is 5.69 Å². The van der Waals surface area contributed by atoms with Gasteiger partial charge < -0.3 is 9.72 Å². The summed E-state index contributed by atoms with van der Waals surface area (Å²) in [6.07, 6.45) is 1.09. The summed E-state index contributed by atoms with van der Waals surface area (Å²) in [6.45, 7) is 3.37. The maximum atomic E-state index is 12.9. The van der Waals surface area contributed by atoms with E-state index in [4.69, 9.17) is 0 Å². The van der Waals surface area contributed by atoms with Crippen LogP contribution in [-0.2, 0) is 4.74 Å². The summed E-state index contributed by atoms with van der Waals surface area (Å²) in [5.41, 5.74) is -1.00. The zero-order chi connectivity index (χ0) is 9.14. The van der Waals surface area contributed by atoms with Gasteiger partial charge in [0, 0.05) is 0 Å². The minimum Gasteiger partial charge on any atom is -0.495 e. The number of halogens is 1. The molecule has 0 aliphatic rings. The summed E-state index contributed by atoms with van der Waals surface area (Å²) in [6, 6.07) is 0. The fourth-order valence-corrected chi connectivity index (χ4v) is 0.674. The van der Waals surface area contributed by atoms with Crippen molar-refractivity contribution in [3.05, 3.63) is 34.8 Å². The summed E-state index contributed by atoms with van der Waals surface area (Å²) in [5, 5.41) is 0. The monoisotopic (exact) mass is 170 g/mol. The molecule has 1 heterocycles. The van der Waals surface area contributed by atoms with Gasteiger partial charge in [-0.25, -0.2) is 4.98 Å². The highest BCUT2D eigenvalue weighted by molar-refractivity contribution is 5.52. The maximum Gasteiger partial charge on any atom is 0.287 e. The quantitative estimate of drug-likeness (QED) is 0.658. The lowest BCUT2D eigenvalue weighted by molar-refractivity contribution is 0.365. The summed E-state index contributed by atoms with van der Waals surface area (Å²) in [5.74, 6) is -0.956. The molecule has 0 saturated carbocycles. The molecule has 1 rings (SSSR count). The molecule has 0 radical (unpaired) electrons. The number of nitrogens with zero attached hydrogens (tertiary/aromatic N) is 1. The second-order valence-electron chi connectivity index (χ2n) is 2.02. The Morgan fingerprint density at radius 1 is 1.83 bits per heavy atom. The van der Waals surface area contributed by atoms with Crippen LogP contribution in [0.25, 0.3) is 5.76 Å². The summed E-state index contributed by atoms with van der Waals surface area (Å²) < 4.78 is 17.5. The van der Waals surface area contributed by atoms with Crippen LogP contribution in [-0.4, -0.2) is 17.1 Å². The third kappa shape index (κ3) is 1.34. The van der Waals surface area contributed by atoms with Gasteiger partial charge in [-0.1, -0.05) is 6.58 Å². The number of aromatic nitrogens is 2. The average Bonchev–Trinajstić information content (AvgIpc) is 2.08. The van der Waals surface area contributed by atoms with Crippen molar-refractivity contribution in [3.8, 4) is 0 Å². The molecule has 0 spiro atoms. The number of ether oxygens (including phenoxy) is 1. The van der Waals surface area contributed by atoms with Gasteiger partial charge in [-0.15, -0.1) is 0 Å². The van der Waals surface area contributed by atoms with Crippen molar-refractivity contribution in [2.75, 3.05) is 7.11 Å². The largest absolute Gasteiger partial charge is 0.495 e. The minimum atomic E-state index is -0.982. The fourth-order valence-electron chi connectivity index (χ4n) is 0.674. The molecule has 0 aliphatic carbocycles. The number of rotatable bonds is 2. The van der Waals surface area contributed by atoms with E-state index in [9.17, 15) is 9.18 Å². The van der Waals surface area contributed by atoms with Crippen LogP contribution >= 0.6 is 0 Å². The third-order valence-corrected chi connectivity index (χ3v) is 1.31. The van der Waals surface area contributed by atoms with E-state index in [1.54, 1.807) is 0 Å².